The number of fused-ring (bicyclic) bond motifs is 1. The molecule has 182 valence electrons. The second-order valence-corrected chi connectivity index (χ2v) is 7.61. The number of anilines is 1. The fourth-order valence-electron chi connectivity index (χ4n) is 3.41. The van der Waals surface area contributed by atoms with Crippen LogP contribution in [-0.4, -0.2) is 48.0 Å². The van der Waals surface area contributed by atoms with Gasteiger partial charge in [-0.2, -0.15) is 13.2 Å². The van der Waals surface area contributed by atoms with Crippen LogP contribution in [0.3, 0.4) is 0 Å². The first-order valence-corrected chi connectivity index (χ1v) is 9.81. The van der Waals surface area contributed by atoms with E-state index in [2.05, 4.69) is 0 Å². The van der Waals surface area contributed by atoms with Gasteiger partial charge in [0, 0.05) is 16.1 Å². The van der Waals surface area contributed by atoms with Crippen LogP contribution in [0.1, 0.15) is 23.1 Å². The van der Waals surface area contributed by atoms with E-state index in [0.29, 0.717) is 17.0 Å². The Bertz CT molecular complexity index is 1160. The molecule has 1 aliphatic heterocycles. The summed E-state index contributed by atoms with van der Waals surface area (Å²) in [5, 5.41) is 17.9. The standard InChI is InChI=1S/C21H16ClF4NO7/c1-33-16-5-3-11(22)7-13(16)20(23)12-4-2-10(21(24,25)26)6-14(12)27(19(20)32)9-34-17(29)8-15(28)18(30)31/h2-7,15,28H,8-9H2,1H3,(H,30,31). The number of carboxylic acids is 1. The van der Waals surface area contributed by atoms with Gasteiger partial charge < -0.3 is 19.7 Å². The average Bonchev–Trinajstić information content (AvgIpc) is 2.98. The summed E-state index contributed by atoms with van der Waals surface area (Å²) in [6.07, 6.45) is -7.95. The number of rotatable bonds is 7. The van der Waals surface area contributed by atoms with Crippen LogP contribution < -0.4 is 9.64 Å². The third-order valence-corrected chi connectivity index (χ3v) is 5.29. The Morgan fingerprint density at radius 2 is 1.85 bits per heavy atom. The molecule has 1 aliphatic rings. The molecular formula is C21H16ClF4NO7. The smallest absolute Gasteiger partial charge is 0.416 e. The summed E-state index contributed by atoms with van der Waals surface area (Å²) < 4.78 is 66.2. The summed E-state index contributed by atoms with van der Waals surface area (Å²) in [7, 11) is 1.19. The molecule has 8 nitrogen and oxygen atoms in total. The molecule has 2 N–H and O–H groups in total. The zero-order chi connectivity index (χ0) is 25.4. The summed E-state index contributed by atoms with van der Waals surface area (Å²) in [6.45, 7) is -1.05. The number of ether oxygens (including phenoxy) is 2. The molecule has 2 aromatic carbocycles. The SMILES string of the molecule is COc1ccc(Cl)cc1C1(F)C(=O)N(COC(=O)CC(O)C(=O)O)c2cc(C(F)(F)F)ccc21. The molecule has 0 saturated heterocycles. The van der Waals surface area contributed by atoms with Crippen molar-refractivity contribution in [3.63, 3.8) is 0 Å². The first-order valence-electron chi connectivity index (χ1n) is 9.43. The fourth-order valence-corrected chi connectivity index (χ4v) is 3.58. The minimum absolute atomic E-state index is 0.0154. The van der Waals surface area contributed by atoms with Crippen LogP contribution in [0.4, 0.5) is 23.2 Å². The van der Waals surface area contributed by atoms with E-state index in [1.165, 1.54) is 19.2 Å². The Kier molecular flexibility index (Phi) is 6.76. The normalized spacial score (nSPS) is 18.4. The maximum absolute atomic E-state index is 16.5. The number of nitrogens with zero attached hydrogens (tertiary/aromatic N) is 1. The molecule has 2 aromatic rings. The molecule has 2 atom stereocenters. The van der Waals surface area contributed by atoms with Crippen molar-refractivity contribution >= 4 is 35.1 Å². The monoisotopic (exact) mass is 505 g/mol. The number of carboxylic acid groups (broad SMARTS) is 1. The van der Waals surface area contributed by atoms with Crippen LogP contribution in [0, 0.1) is 0 Å². The van der Waals surface area contributed by atoms with E-state index in [-0.39, 0.29) is 16.3 Å². The molecule has 3 rings (SSSR count). The maximum Gasteiger partial charge on any atom is 0.416 e. The number of amides is 1. The number of halogens is 5. The number of methoxy groups -OCH3 is 1. The molecule has 0 fully saturated rings. The Balaban J connectivity index is 2.07. The quantitative estimate of drug-likeness (QED) is 0.438. The van der Waals surface area contributed by atoms with Crippen LogP contribution in [-0.2, 0) is 31.0 Å². The van der Waals surface area contributed by atoms with E-state index in [1.807, 2.05) is 0 Å². The van der Waals surface area contributed by atoms with Crippen LogP contribution in [0.15, 0.2) is 36.4 Å². The highest BCUT2D eigenvalue weighted by Gasteiger charge is 2.55. The molecule has 0 bridgehead atoms. The summed E-state index contributed by atoms with van der Waals surface area (Å²) in [6, 6.07) is 5.60. The zero-order valence-electron chi connectivity index (χ0n) is 17.2. The van der Waals surface area contributed by atoms with Gasteiger partial charge in [-0.3, -0.25) is 14.5 Å². The number of esters is 1. The van der Waals surface area contributed by atoms with Gasteiger partial charge in [0.15, 0.2) is 12.8 Å². The number of aliphatic carboxylic acids is 1. The number of carbonyl (C=O) groups is 3. The number of carbonyl (C=O) groups excluding carboxylic acids is 2. The van der Waals surface area contributed by atoms with Crippen molar-refractivity contribution in [3.05, 3.63) is 58.1 Å². The lowest BCUT2D eigenvalue weighted by molar-refractivity contribution is -0.156. The van der Waals surface area contributed by atoms with Crippen LogP contribution in [0.5, 0.6) is 5.75 Å². The minimum atomic E-state index is -4.83. The number of aliphatic hydroxyl groups is 1. The molecule has 0 aromatic heterocycles. The van der Waals surface area contributed by atoms with Gasteiger partial charge in [-0.15, -0.1) is 0 Å². The first kappa shape index (κ1) is 25.2. The Hall–Kier alpha value is -3.38. The zero-order valence-corrected chi connectivity index (χ0v) is 18.0. The van der Waals surface area contributed by atoms with E-state index < -0.39 is 65.8 Å². The minimum Gasteiger partial charge on any atom is -0.496 e. The fraction of sp³-hybridized carbons (Fsp3) is 0.286. The highest BCUT2D eigenvalue weighted by molar-refractivity contribution is 6.30. The first-order chi connectivity index (χ1) is 15.8. The molecule has 13 heteroatoms. The molecule has 34 heavy (non-hydrogen) atoms. The van der Waals surface area contributed by atoms with Crippen molar-refractivity contribution in [1.29, 1.82) is 0 Å². The van der Waals surface area contributed by atoms with Gasteiger partial charge in [-0.25, -0.2) is 9.18 Å². The Labute approximate surface area is 194 Å². The summed E-state index contributed by atoms with van der Waals surface area (Å²) in [5.74, 6) is -4.51. The predicted molar refractivity (Wildman–Crippen MR) is 108 cm³/mol. The van der Waals surface area contributed by atoms with E-state index in [1.54, 1.807) is 0 Å². The Morgan fingerprint density at radius 1 is 1.18 bits per heavy atom. The lowest BCUT2D eigenvalue weighted by Crippen LogP contribution is -2.40. The molecule has 0 spiro atoms. The van der Waals surface area contributed by atoms with Crippen molar-refractivity contribution in [1.82, 2.24) is 0 Å². The van der Waals surface area contributed by atoms with Gasteiger partial charge in [0.1, 0.15) is 5.75 Å². The van der Waals surface area contributed by atoms with Crippen molar-refractivity contribution in [2.24, 2.45) is 0 Å². The van der Waals surface area contributed by atoms with Crippen molar-refractivity contribution in [3.8, 4) is 5.75 Å². The molecule has 0 radical (unpaired) electrons. The summed E-state index contributed by atoms with van der Waals surface area (Å²) >= 11 is 5.95. The van der Waals surface area contributed by atoms with Gasteiger partial charge in [0.05, 0.1) is 24.8 Å². The maximum atomic E-state index is 16.5. The van der Waals surface area contributed by atoms with Crippen molar-refractivity contribution < 1.29 is 51.6 Å². The van der Waals surface area contributed by atoms with E-state index in [4.69, 9.17) is 26.2 Å². The molecule has 0 aliphatic carbocycles. The second-order valence-electron chi connectivity index (χ2n) is 7.17. The summed E-state index contributed by atoms with van der Waals surface area (Å²) in [5.41, 5.74) is -5.64. The van der Waals surface area contributed by atoms with Crippen LogP contribution in [0.2, 0.25) is 5.02 Å². The van der Waals surface area contributed by atoms with Crippen LogP contribution >= 0.6 is 11.6 Å². The highest BCUT2D eigenvalue weighted by atomic mass is 35.5. The number of hydrogen-bond acceptors (Lipinski definition) is 6. The highest BCUT2D eigenvalue weighted by Crippen LogP contribution is 2.51. The number of hydrogen-bond donors (Lipinski definition) is 2. The molecular weight excluding hydrogens is 490 g/mol. The third kappa shape index (κ3) is 4.50. The van der Waals surface area contributed by atoms with Gasteiger partial charge >= 0.3 is 18.1 Å². The largest absolute Gasteiger partial charge is 0.496 e. The number of alkyl halides is 4. The van der Waals surface area contributed by atoms with Crippen molar-refractivity contribution in [2.45, 2.75) is 24.4 Å². The number of benzene rings is 2. The van der Waals surface area contributed by atoms with E-state index >= 15 is 4.39 Å². The van der Waals surface area contributed by atoms with Gasteiger partial charge in [0.25, 0.3) is 5.91 Å². The van der Waals surface area contributed by atoms with E-state index in [0.717, 1.165) is 12.1 Å². The van der Waals surface area contributed by atoms with Gasteiger partial charge in [-0.05, 0) is 30.3 Å². The molecule has 0 saturated carbocycles. The predicted octanol–water partition coefficient (Wildman–Crippen LogP) is 3.26. The van der Waals surface area contributed by atoms with E-state index in [9.17, 15) is 32.7 Å². The van der Waals surface area contributed by atoms with Gasteiger partial charge in [-0.1, -0.05) is 17.7 Å². The average molecular weight is 506 g/mol. The molecule has 1 amide bonds. The lowest BCUT2D eigenvalue weighted by atomic mass is 9.88. The van der Waals surface area contributed by atoms with Crippen molar-refractivity contribution in [2.75, 3.05) is 18.7 Å². The Morgan fingerprint density at radius 3 is 2.44 bits per heavy atom. The molecule has 1 heterocycles. The second kappa shape index (κ2) is 9.11. The summed E-state index contributed by atoms with van der Waals surface area (Å²) in [4.78, 5) is 36.2. The number of aliphatic hydroxyl groups excluding tert-OH is 1. The lowest BCUT2D eigenvalue weighted by Gasteiger charge is -2.23. The molecule has 2 unspecified atom stereocenters. The topological polar surface area (TPSA) is 113 Å². The van der Waals surface area contributed by atoms with Crippen LogP contribution in [0.25, 0.3) is 0 Å². The third-order valence-electron chi connectivity index (χ3n) is 5.06. The van der Waals surface area contributed by atoms with Gasteiger partial charge in [0.2, 0.25) is 5.67 Å².